The van der Waals surface area contributed by atoms with Crippen molar-refractivity contribution >= 4 is 17.3 Å². The van der Waals surface area contributed by atoms with Crippen molar-refractivity contribution in [2.24, 2.45) is 0 Å². The molecule has 5 heteroatoms. The van der Waals surface area contributed by atoms with Gasteiger partial charge in [0, 0.05) is 35.9 Å². The fraction of sp³-hybridized carbons (Fsp3) is 0.467. The van der Waals surface area contributed by atoms with Gasteiger partial charge in [0.1, 0.15) is 0 Å². The van der Waals surface area contributed by atoms with Gasteiger partial charge < -0.3 is 10.2 Å². The van der Waals surface area contributed by atoms with E-state index in [0.717, 1.165) is 37.7 Å². The zero-order valence-electron chi connectivity index (χ0n) is 12.4. The second-order valence-corrected chi connectivity index (χ2v) is 5.93. The van der Waals surface area contributed by atoms with Crippen LogP contribution in [0.1, 0.15) is 29.5 Å². The summed E-state index contributed by atoms with van der Waals surface area (Å²) in [5, 5.41) is 5.48. The molecule has 0 aromatic carbocycles. The second kappa shape index (κ2) is 7.36. The Balaban J connectivity index is 2.00. The Kier molecular flexibility index (Phi) is 5.49. The van der Waals surface area contributed by atoms with Crippen LogP contribution in [0.2, 0.25) is 0 Å². The van der Waals surface area contributed by atoms with Crippen molar-refractivity contribution in [2.45, 2.75) is 33.4 Å². The molecular weight excluding hydrogens is 268 g/mol. The molecule has 0 spiro atoms. The quantitative estimate of drug-likeness (QED) is 0.796. The van der Waals surface area contributed by atoms with E-state index < -0.39 is 0 Å². The number of hydrogen-bond donors (Lipinski definition) is 1. The molecule has 0 radical (unpaired) electrons. The topological polar surface area (TPSA) is 41.1 Å². The van der Waals surface area contributed by atoms with Crippen LogP contribution in [0.15, 0.2) is 23.7 Å². The van der Waals surface area contributed by atoms with Gasteiger partial charge in [-0.1, -0.05) is 13.0 Å². The first kappa shape index (κ1) is 14.9. The van der Waals surface area contributed by atoms with Crippen LogP contribution >= 0.6 is 11.3 Å². The summed E-state index contributed by atoms with van der Waals surface area (Å²) in [6.45, 7) is 6.94. The van der Waals surface area contributed by atoms with E-state index in [4.69, 9.17) is 0 Å². The van der Waals surface area contributed by atoms with Crippen molar-refractivity contribution in [2.75, 3.05) is 18.5 Å². The number of nitrogens with one attached hydrogen (secondary N) is 1. The molecular formula is C15H22N4S. The molecule has 0 saturated carbocycles. The number of aryl methyl sites for hydroxylation is 1. The molecule has 0 unspecified atom stereocenters. The van der Waals surface area contributed by atoms with E-state index in [1.807, 2.05) is 20.2 Å². The Morgan fingerprint density at radius 3 is 2.90 bits per heavy atom. The monoisotopic (exact) mass is 290 g/mol. The standard InChI is InChI=1S/C15H22N4S/c1-4-7-16-9-13-10-17-15(18-12(13)2)19(3)11-14-6-5-8-20-14/h5-6,8,10,16H,4,7,9,11H2,1-3H3. The molecule has 2 rings (SSSR count). The third kappa shape index (κ3) is 4.02. The molecule has 0 aliphatic heterocycles. The minimum Gasteiger partial charge on any atom is -0.339 e. The maximum Gasteiger partial charge on any atom is 0.225 e. The molecule has 4 nitrogen and oxygen atoms in total. The van der Waals surface area contributed by atoms with E-state index in [2.05, 4.69) is 44.6 Å². The van der Waals surface area contributed by atoms with Crippen molar-refractivity contribution in [1.29, 1.82) is 0 Å². The SMILES string of the molecule is CCCNCc1cnc(N(C)Cc2cccs2)nc1C. The van der Waals surface area contributed by atoms with Crippen LogP contribution in [0.4, 0.5) is 5.95 Å². The summed E-state index contributed by atoms with van der Waals surface area (Å²) in [4.78, 5) is 12.5. The molecule has 0 bridgehead atoms. The van der Waals surface area contributed by atoms with E-state index in [1.165, 1.54) is 10.4 Å². The fourth-order valence-electron chi connectivity index (χ4n) is 1.94. The lowest BCUT2D eigenvalue weighted by atomic mass is 10.2. The fourth-order valence-corrected chi connectivity index (χ4v) is 2.70. The van der Waals surface area contributed by atoms with Crippen molar-refractivity contribution in [3.63, 3.8) is 0 Å². The lowest BCUT2D eigenvalue weighted by Crippen LogP contribution is -2.20. The summed E-state index contributed by atoms with van der Waals surface area (Å²) in [6.07, 6.45) is 3.08. The molecule has 2 aromatic rings. The largest absolute Gasteiger partial charge is 0.339 e. The van der Waals surface area contributed by atoms with Crippen LogP contribution in [0.5, 0.6) is 0 Å². The minimum atomic E-state index is 0.787. The van der Waals surface area contributed by atoms with Crippen LogP contribution in [0.3, 0.4) is 0 Å². The summed E-state index contributed by atoms with van der Waals surface area (Å²) < 4.78 is 0. The molecule has 0 atom stereocenters. The van der Waals surface area contributed by atoms with Crippen LogP contribution in [0, 0.1) is 6.92 Å². The van der Waals surface area contributed by atoms with E-state index in [1.54, 1.807) is 11.3 Å². The molecule has 2 aromatic heterocycles. The summed E-state index contributed by atoms with van der Waals surface area (Å²) in [7, 11) is 2.03. The number of anilines is 1. The highest BCUT2D eigenvalue weighted by Crippen LogP contribution is 2.15. The Bertz CT molecular complexity index is 525. The van der Waals surface area contributed by atoms with Crippen LogP contribution in [-0.4, -0.2) is 23.6 Å². The lowest BCUT2D eigenvalue weighted by Gasteiger charge is -2.17. The normalized spacial score (nSPS) is 10.8. The predicted octanol–water partition coefficient (Wildman–Crippen LogP) is 2.98. The minimum absolute atomic E-state index is 0.787. The van der Waals surface area contributed by atoms with Gasteiger partial charge in [-0.25, -0.2) is 9.97 Å². The number of rotatable bonds is 7. The Hall–Kier alpha value is -1.46. The van der Waals surface area contributed by atoms with Gasteiger partial charge in [0.15, 0.2) is 0 Å². The van der Waals surface area contributed by atoms with Gasteiger partial charge >= 0.3 is 0 Å². The van der Waals surface area contributed by atoms with Gasteiger partial charge in [-0.2, -0.15) is 0 Å². The molecule has 108 valence electrons. The Morgan fingerprint density at radius 1 is 1.40 bits per heavy atom. The van der Waals surface area contributed by atoms with Gasteiger partial charge in [0.25, 0.3) is 0 Å². The molecule has 0 aliphatic carbocycles. The van der Waals surface area contributed by atoms with Gasteiger partial charge in [-0.15, -0.1) is 11.3 Å². The molecule has 0 fully saturated rings. The smallest absolute Gasteiger partial charge is 0.225 e. The van der Waals surface area contributed by atoms with Gasteiger partial charge in [-0.3, -0.25) is 0 Å². The third-order valence-electron chi connectivity index (χ3n) is 3.13. The maximum atomic E-state index is 4.61. The second-order valence-electron chi connectivity index (χ2n) is 4.89. The zero-order valence-corrected chi connectivity index (χ0v) is 13.2. The molecule has 2 heterocycles. The number of thiophene rings is 1. The number of aromatic nitrogens is 2. The highest BCUT2D eigenvalue weighted by atomic mass is 32.1. The highest BCUT2D eigenvalue weighted by molar-refractivity contribution is 7.09. The Morgan fingerprint density at radius 2 is 2.25 bits per heavy atom. The van der Waals surface area contributed by atoms with Gasteiger partial charge in [0.05, 0.1) is 6.54 Å². The average Bonchev–Trinajstić information content (AvgIpc) is 2.93. The first-order valence-corrected chi connectivity index (χ1v) is 7.85. The van der Waals surface area contributed by atoms with Gasteiger partial charge in [0.2, 0.25) is 5.95 Å². The van der Waals surface area contributed by atoms with Crippen molar-refractivity contribution < 1.29 is 0 Å². The molecule has 0 aliphatic rings. The molecule has 1 N–H and O–H groups in total. The highest BCUT2D eigenvalue weighted by Gasteiger charge is 2.08. The van der Waals surface area contributed by atoms with Crippen molar-refractivity contribution in [3.05, 3.63) is 39.8 Å². The molecule has 20 heavy (non-hydrogen) atoms. The first-order chi connectivity index (χ1) is 9.70. The zero-order chi connectivity index (χ0) is 14.4. The average molecular weight is 290 g/mol. The number of nitrogens with zero attached hydrogens (tertiary/aromatic N) is 3. The van der Waals surface area contributed by atoms with E-state index >= 15 is 0 Å². The summed E-state index contributed by atoms with van der Waals surface area (Å²) >= 11 is 1.76. The summed E-state index contributed by atoms with van der Waals surface area (Å²) in [6, 6.07) is 4.21. The van der Waals surface area contributed by atoms with E-state index in [9.17, 15) is 0 Å². The third-order valence-corrected chi connectivity index (χ3v) is 3.99. The maximum absolute atomic E-state index is 4.61. The van der Waals surface area contributed by atoms with Crippen molar-refractivity contribution in [3.8, 4) is 0 Å². The van der Waals surface area contributed by atoms with Crippen molar-refractivity contribution in [1.82, 2.24) is 15.3 Å². The number of hydrogen-bond acceptors (Lipinski definition) is 5. The molecule has 0 amide bonds. The van der Waals surface area contributed by atoms with E-state index in [0.29, 0.717) is 0 Å². The predicted molar refractivity (Wildman–Crippen MR) is 85.2 cm³/mol. The summed E-state index contributed by atoms with van der Waals surface area (Å²) in [5.74, 6) is 0.787. The van der Waals surface area contributed by atoms with Crippen LogP contribution < -0.4 is 10.2 Å². The first-order valence-electron chi connectivity index (χ1n) is 6.97. The lowest BCUT2D eigenvalue weighted by molar-refractivity contribution is 0.668. The molecule has 0 saturated heterocycles. The van der Waals surface area contributed by atoms with Gasteiger partial charge in [-0.05, 0) is 31.3 Å². The van der Waals surface area contributed by atoms with Crippen LogP contribution in [-0.2, 0) is 13.1 Å². The van der Waals surface area contributed by atoms with E-state index in [-0.39, 0.29) is 0 Å². The van der Waals surface area contributed by atoms with Crippen LogP contribution in [0.25, 0.3) is 0 Å². The Labute approximate surface area is 124 Å². The summed E-state index contributed by atoms with van der Waals surface area (Å²) in [5.41, 5.74) is 2.23.